The molecule has 8 heteroatoms. The van der Waals surface area contributed by atoms with Crippen LogP contribution >= 0.6 is 23.2 Å². The van der Waals surface area contributed by atoms with E-state index in [1.54, 1.807) is 55.6 Å². The molecule has 0 radical (unpaired) electrons. The number of benzene rings is 2. The van der Waals surface area contributed by atoms with Crippen molar-refractivity contribution in [1.82, 2.24) is 14.8 Å². The summed E-state index contributed by atoms with van der Waals surface area (Å²) in [6.45, 7) is 1.76. The van der Waals surface area contributed by atoms with E-state index in [0.29, 0.717) is 27.7 Å². The van der Waals surface area contributed by atoms with Crippen LogP contribution in [0.25, 0.3) is 22.7 Å². The van der Waals surface area contributed by atoms with Gasteiger partial charge in [-0.1, -0.05) is 29.3 Å². The minimum absolute atomic E-state index is 0.0958. The molecule has 0 aliphatic heterocycles. The predicted molar refractivity (Wildman–Crippen MR) is 122 cm³/mol. The van der Waals surface area contributed by atoms with E-state index < -0.39 is 5.91 Å². The third-order valence-corrected chi connectivity index (χ3v) is 5.28. The van der Waals surface area contributed by atoms with Crippen molar-refractivity contribution in [2.45, 2.75) is 6.92 Å². The minimum Gasteiger partial charge on any atom is -0.321 e. The zero-order valence-electron chi connectivity index (χ0n) is 16.3. The zero-order chi connectivity index (χ0) is 22.0. The quantitative estimate of drug-likeness (QED) is 0.326. The van der Waals surface area contributed by atoms with Crippen LogP contribution in [0, 0.1) is 18.3 Å². The molecular weight excluding hydrogens is 433 g/mol. The van der Waals surface area contributed by atoms with Crippen LogP contribution < -0.4 is 5.32 Å². The number of rotatable bonds is 4. The first-order chi connectivity index (χ1) is 15.0. The Balaban J connectivity index is 1.68. The van der Waals surface area contributed by atoms with Crippen LogP contribution in [0.15, 0.2) is 66.4 Å². The van der Waals surface area contributed by atoms with Crippen LogP contribution in [0.1, 0.15) is 11.3 Å². The molecule has 0 aliphatic rings. The van der Waals surface area contributed by atoms with Gasteiger partial charge in [-0.05, 0) is 61.5 Å². The molecule has 2 heterocycles. The summed E-state index contributed by atoms with van der Waals surface area (Å²) in [6.07, 6.45) is 3.12. The Kier molecular flexibility index (Phi) is 5.72. The predicted octanol–water partition coefficient (Wildman–Crippen LogP) is 5.58. The van der Waals surface area contributed by atoms with E-state index in [4.69, 9.17) is 23.2 Å². The molecule has 6 nitrogen and oxygen atoms in total. The highest BCUT2D eigenvalue weighted by Gasteiger charge is 2.17. The first-order valence-corrected chi connectivity index (χ1v) is 10.0. The molecule has 4 rings (SSSR count). The molecule has 0 saturated carbocycles. The number of nitriles is 1. The molecule has 4 aromatic rings. The largest absolute Gasteiger partial charge is 0.321 e. The Morgan fingerprint density at radius 2 is 1.90 bits per heavy atom. The van der Waals surface area contributed by atoms with Crippen LogP contribution in [0.3, 0.4) is 0 Å². The van der Waals surface area contributed by atoms with E-state index in [1.807, 2.05) is 18.2 Å². The normalized spacial score (nSPS) is 11.4. The number of pyridine rings is 1. The lowest BCUT2D eigenvalue weighted by Gasteiger charge is -2.07. The first-order valence-electron chi connectivity index (χ1n) is 9.26. The summed E-state index contributed by atoms with van der Waals surface area (Å²) in [6, 6.07) is 18.0. The molecule has 0 fully saturated rings. The topological polar surface area (TPSA) is 83.6 Å². The molecule has 0 atom stereocenters. The van der Waals surface area contributed by atoms with Gasteiger partial charge in [-0.25, -0.2) is 4.68 Å². The second-order valence-electron chi connectivity index (χ2n) is 6.68. The highest BCUT2D eigenvalue weighted by Crippen LogP contribution is 2.27. The molecule has 152 valence electrons. The molecule has 2 aromatic carbocycles. The van der Waals surface area contributed by atoms with Crippen molar-refractivity contribution >= 4 is 51.8 Å². The summed E-state index contributed by atoms with van der Waals surface area (Å²) >= 11 is 12.5. The third kappa shape index (κ3) is 4.15. The van der Waals surface area contributed by atoms with Crippen molar-refractivity contribution in [2.75, 3.05) is 5.32 Å². The second kappa shape index (κ2) is 8.60. The Morgan fingerprint density at radius 1 is 1.13 bits per heavy atom. The number of aromatic nitrogens is 3. The number of hydrogen-bond donors (Lipinski definition) is 1. The standard InChI is InChI=1S/C23H15Cl2N5O/c1-14-19(22(25)30(29-14)17-9-7-16(24)8-10-17)12-15(13-26)23(31)28-21-6-2-5-20-18(21)4-3-11-27-20/h2-12H,1H3,(H,28,31). The summed E-state index contributed by atoms with van der Waals surface area (Å²) < 4.78 is 1.53. The molecule has 0 bridgehead atoms. The van der Waals surface area contributed by atoms with Crippen LogP contribution in [-0.4, -0.2) is 20.7 Å². The molecule has 0 unspecified atom stereocenters. The van der Waals surface area contributed by atoms with Crippen molar-refractivity contribution < 1.29 is 4.79 Å². The van der Waals surface area contributed by atoms with Crippen molar-refractivity contribution in [2.24, 2.45) is 0 Å². The average Bonchev–Trinajstić information content (AvgIpc) is 3.06. The van der Waals surface area contributed by atoms with Gasteiger partial charge in [0, 0.05) is 22.2 Å². The van der Waals surface area contributed by atoms with Crippen molar-refractivity contribution in [3.63, 3.8) is 0 Å². The zero-order valence-corrected chi connectivity index (χ0v) is 17.8. The number of nitrogens with zero attached hydrogens (tertiary/aromatic N) is 4. The van der Waals surface area contributed by atoms with Gasteiger partial charge in [0.05, 0.1) is 22.6 Å². The van der Waals surface area contributed by atoms with Gasteiger partial charge in [0.2, 0.25) is 0 Å². The van der Waals surface area contributed by atoms with Gasteiger partial charge >= 0.3 is 0 Å². The van der Waals surface area contributed by atoms with Crippen LogP contribution in [-0.2, 0) is 4.79 Å². The Morgan fingerprint density at radius 3 is 2.65 bits per heavy atom. The van der Waals surface area contributed by atoms with E-state index in [-0.39, 0.29) is 10.7 Å². The Labute approximate surface area is 188 Å². The number of aryl methyl sites for hydroxylation is 1. The van der Waals surface area contributed by atoms with E-state index >= 15 is 0 Å². The van der Waals surface area contributed by atoms with Gasteiger partial charge in [0.1, 0.15) is 16.8 Å². The molecule has 31 heavy (non-hydrogen) atoms. The summed E-state index contributed by atoms with van der Waals surface area (Å²) in [5, 5.41) is 18.5. The lowest BCUT2D eigenvalue weighted by atomic mass is 10.1. The van der Waals surface area contributed by atoms with Gasteiger partial charge < -0.3 is 5.32 Å². The van der Waals surface area contributed by atoms with Crippen molar-refractivity contribution in [3.8, 4) is 11.8 Å². The van der Waals surface area contributed by atoms with Gasteiger partial charge in [-0.2, -0.15) is 10.4 Å². The lowest BCUT2D eigenvalue weighted by Crippen LogP contribution is -2.13. The molecule has 0 spiro atoms. The fourth-order valence-electron chi connectivity index (χ4n) is 3.12. The van der Waals surface area contributed by atoms with Crippen molar-refractivity contribution in [1.29, 1.82) is 5.26 Å². The summed E-state index contributed by atoms with van der Waals surface area (Å²) in [5.74, 6) is -0.548. The van der Waals surface area contributed by atoms with Gasteiger partial charge in [0.15, 0.2) is 0 Å². The smallest absolute Gasteiger partial charge is 0.266 e. The van der Waals surface area contributed by atoms with Gasteiger partial charge in [0.25, 0.3) is 5.91 Å². The molecule has 0 saturated heterocycles. The molecule has 0 aliphatic carbocycles. The van der Waals surface area contributed by atoms with E-state index in [9.17, 15) is 10.1 Å². The number of carbonyl (C=O) groups is 1. The van der Waals surface area contributed by atoms with Crippen LogP contribution in [0.2, 0.25) is 10.2 Å². The maximum Gasteiger partial charge on any atom is 0.266 e. The lowest BCUT2D eigenvalue weighted by molar-refractivity contribution is -0.112. The number of halogens is 2. The van der Waals surface area contributed by atoms with E-state index in [0.717, 1.165) is 10.9 Å². The average molecular weight is 448 g/mol. The number of anilines is 1. The molecule has 1 amide bonds. The van der Waals surface area contributed by atoms with Gasteiger partial charge in [-0.3, -0.25) is 9.78 Å². The van der Waals surface area contributed by atoms with Crippen LogP contribution in [0.4, 0.5) is 5.69 Å². The summed E-state index contributed by atoms with van der Waals surface area (Å²) in [5.41, 5.74) is 2.99. The summed E-state index contributed by atoms with van der Waals surface area (Å²) in [4.78, 5) is 17.1. The molecular formula is C23H15Cl2N5O. The second-order valence-corrected chi connectivity index (χ2v) is 7.47. The fraction of sp³-hybridized carbons (Fsp3) is 0.0435. The highest BCUT2D eigenvalue weighted by atomic mass is 35.5. The Hall–Kier alpha value is -3.66. The number of nitrogens with one attached hydrogen (secondary N) is 1. The number of amides is 1. The van der Waals surface area contributed by atoms with E-state index in [2.05, 4.69) is 15.4 Å². The highest BCUT2D eigenvalue weighted by molar-refractivity contribution is 6.32. The first kappa shape index (κ1) is 20.6. The third-order valence-electron chi connectivity index (χ3n) is 4.67. The molecule has 1 N–H and O–H groups in total. The number of fused-ring (bicyclic) bond motifs is 1. The van der Waals surface area contributed by atoms with E-state index in [1.165, 1.54) is 10.8 Å². The maximum absolute atomic E-state index is 12.8. The number of hydrogen-bond acceptors (Lipinski definition) is 4. The SMILES string of the molecule is Cc1nn(-c2ccc(Cl)cc2)c(Cl)c1C=C(C#N)C(=O)Nc1cccc2ncccc12. The minimum atomic E-state index is -0.548. The molecule has 2 aromatic heterocycles. The number of carbonyl (C=O) groups excluding carboxylic acids is 1. The van der Waals surface area contributed by atoms with Crippen LogP contribution in [0.5, 0.6) is 0 Å². The fourth-order valence-corrected chi connectivity index (χ4v) is 3.58. The summed E-state index contributed by atoms with van der Waals surface area (Å²) in [7, 11) is 0. The monoisotopic (exact) mass is 447 g/mol. The Bertz CT molecular complexity index is 1360. The maximum atomic E-state index is 12.8. The van der Waals surface area contributed by atoms with Crippen molar-refractivity contribution in [3.05, 3.63) is 87.8 Å². The van der Waals surface area contributed by atoms with Gasteiger partial charge in [-0.15, -0.1) is 0 Å².